The van der Waals surface area contributed by atoms with E-state index >= 15 is 0 Å². The van der Waals surface area contributed by atoms with Gasteiger partial charge in [-0.2, -0.15) is 0 Å². The fourth-order valence-corrected chi connectivity index (χ4v) is 2.58. The fraction of sp³-hybridized carbons (Fsp3) is 0.250. The zero-order chi connectivity index (χ0) is 15.1. The number of rotatable bonds is 7. The first-order chi connectivity index (χ1) is 10.1. The van der Waals surface area contributed by atoms with Gasteiger partial charge in [0.05, 0.1) is 19.3 Å². The zero-order valence-corrected chi connectivity index (χ0v) is 12.2. The molecular formula is C16H16F2O2S. The minimum Gasteiger partial charge on any atom is -0.390 e. The van der Waals surface area contributed by atoms with Crippen LogP contribution >= 0.6 is 11.8 Å². The summed E-state index contributed by atoms with van der Waals surface area (Å²) >= 11 is 1.07. The standard InChI is InChI=1S/C16H16F2O2S/c17-13-6-7-15(18)16(8-13)21-11-14(19)10-20-9-12-4-2-1-3-5-12/h1-8,14,19H,9-11H2. The van der Waals surface area contributed by atoms with Gasteiger partial charge in [0.25, 0.3) is 0 Å². The smallest absolute Gasteiger partial charge is 0.136 e. The number of aliphatic hydroxyl groups is 1. The van der Waals surface area contributed by atoms with E-state index in [0.29, 0.717) is 6.61 Å². The number of aliphatic hydroxyl groups excluding tert-OH is 1. The van der Waals surface area contributed by atoms with Crippen LogP contribution in [0.3, 0.4) is 0 Å². The lowest BCUT2D eigenvalue weighted by atomic mass is 10.2. The van der Waals surface area contributed by atoms with Gasteiger partial charge in [-0.05, 0) is 23.8 Å². The quantitative estimate of drug-likeness (QED) is 0.792. The maximum absolute atomic E-state index is 13.4. The second-order valence-electron chi connectivity index (χ2n) is 4.54. The number of thioether (sulfide) groups is 1. The van der Waals surface area contributed by atoms with Gasteiger partial charge in [-0.25, -0.2) is 8.78 Å². The summed E-state index contributed by atoms with van der Waals surface area (Å²) in [5, 5.41) is 9.79. The van der Waals surface area contributed by atoms with E-state index in [2.05, 4.69) is 0 Å². The Morgan fingerprint density at radius 2 is 1.86 bits per heavy atom. The summed E-state index contributed by atoms with van der Waals surface area (Å²) in [6.07, 6.45) is -0.735. The Morgan fingerprint density at radius 3 is 2.62 bits per heavy atom. The second kappa shape index (κ2) is 8.12. The van der Waals surface area contributed by atoms with Crippen molar-refractivity contribution in [3.8, 4) is 0 Å². The third kappa shape index (κ3) is 5.46. The van der Waals surface area contributed by atoms with Gasteiger partial charge >= 0.3 is 0 Å². The largest absolute Gasteiger partial charge is 0.390 e. The van der Waals surface area contributed by atoms with E-state index in [1.54, 1.807) is 0 Å². The minimum atomic E-state index is -0.735. The summed E-state index contributed by atoms with van der Waals surface area (Å²) < 4.78 is 31.8. The van der Waals surface area contributed by atoms with Crippen LogP contribution < -0.4 is 0 Å². The molecule has 0 heterocycles. The molecular weight excluding hydrogens is 294 g/mol. The molecule has 0 aliphatic heterocycles. The van der Waals surface area contributed by atoms with Crippen molar-refractivity contribution in [1.82, 2.24) is 0 Å². The topological polar surface area (TPSA) is 29.5 Å². The molecule has 0 aliphatic rings. The monoisotopic (exact) mass is 310 g/mol. The van der Waals surface area contributed by atoms with Crippen molar-refractivity contribution in [1.29, 1.82) is 0 Å². The van der Waals surface area contributed by atoms with Crippen LogP contribution in [0.2, 0.25) is 0 Å². The SMILES string of the molecule is OC(COCc1ccccc1)CSc1cc(F)ccc1F. The lowest BCUT2D eigenvalue weighted by Gasteiger charge is -2.11. The van der Waals surface area contributed by atoms with Gasteiger partial charge in [-0.3, -0.25) is 0 Å². The fourth-order valence-electron chi connectivity index (χ4n) is 1.71. The summed E-state index contributed by atoms with van der Waals surface area (Å²) in [5.74, 6) is -0.734. The van der Waals surface area contributed by atoms with Gasteiger partial charge < -0.3 is 9.84 Å². The Morgan fingerprint density at radius 1 is 1.10 bits per heavy atom. The molecule has 5 heteroatoms. The van der Waals surface area contributed by atoms with E-state index in [1.165, 1.54) is 0 Å². The van der Waals surface area contributed by atoms with Crippen LogP contribution in [0.15, 0.2) is 53.4 Å². The number of ether oxygens (including phenoxy) is 1. The molecule has 112 valence electrons. The molecule has 2 aromatic carbocycles. The van der Waals surface area contributed by atoms with Crippen LogP contribution in [0, 0.1) is 11.6 Å². The highest BCUT2D eigenvalue weighted by molar-refractivity contribution is 7.99. The molecule has 0 amide bonds. The van der Waals surface area contributed by atoms with Crippen molar-refractivity contribution in [2.45, 2.75) is 17.6 Å². The lowest BCUT2D eigenvalue weighted by Crippen LogP contribution is -2.18. The zero-order valence-electron chi connectivity index (χ0n) is 11.3. The Labute approximate surface area is 126 Å². The summed E-state index contributed by atoms with van der Waals surface area (Å²) in [6, 6.07) is 12.9. The summed E-state index contributed by atoms with van der Waals surface area (Å²) in [6.45, 7) is 0.565. The molecule has 2 rings (SSSR count). The van der Waals surface area contributed by atoms with Gasteiger partial charge in [0, 0.05) is 10.6 Å². The molecule has 21 heavy (non-hydrogen) atoms. The van der Waals surface area contributed by atoms with Crippen molar-refractivity contribution in [3.05, 3.63) is 65.7 Å². The molecule has 2 nitrogen and oxygen atoms in total. The van der Waals surface area contributed by atoms with E-state index in [9.17, 15) is 13.9 Å². The van der Waals surface area contributed by atoms with Gasteiger partial charge in [-0.15, -0.1) is 11.8 Å². The van der Waals surface area contributed by atoms with Crippen molar-refractivity contribution < 1.29 is 18.6 Å². The van der Waals surface area contributed by atoms with Gasteiger partial charge in [-0.1, -0.05) is 30.3 Å². The maximum Gasteiger partial charge on any atom is 0.136 e. The highest BCUT2D eigenvalue weighted by Gasteiger charge is 2.09. The molecule has 0 saturated carbocycles. The van der Waals surface area contributed by atoms with Gasteiger partial charge in [0.15, 0.2) is 0 Å². The van der Waals surface area contributed by atoms with Gasteiger partial charge in [0.2, 0.25) is 0 Å². The van der Waals surface area contributed by atoms with Gasteiger partial charge in [0.1, 0.15) is 11.6 Å². The maximum atomic E-state index is 13.4. The normalized spacial score (nSPS) is 12.3. The van der Waals surface area contributed by atoms with Crippen molar-refractivity contribution in [2.75, 3.05) is 12.4 Å². The number of hydrogen-bond donors (Lipinski definition) is 1. The number of benzene rings is 2. The molecule has 1 unspecified atom stereocenters. The van der Waals surface area contributed by atoms with E-state index in [0.717, 1.165) is 35.5 Å². The molecule has 1 atom stereocenters. The van der Waals surface area contributed by atoms with Crippen LogP contribution in [0.25, 0.3) is 0 Å². The van der Waals surface area contributed by atoms with Crippen molar-refractivity contribution in [3.63, 3.8) is 0 Å². The molecule has 0 bridgehead atoms. The van der Waals surface area contributed by atoms with E-state index in [-0.39, 0.29) is 17.3 Å². The van der Waals surface area contributed by atoms with E-state index in [1.807, 2.05) is 30.3 Å². The molecule has 0 spiro atoms. The third-order valence-electron chi connectivity index (χ3n) is 2.75. The Kier molecular flexibility index (Phi) is 6.17. The number of halogens is 2. The highest BCUT2D eigenvalue weighted by atomic mass is 32.2. The summed E-state index contributed by atoms with van der Waals surface area (Å²) in [5.41, 5.74) is 1.02. The molecule has 2 aromatic rings. The second-order valence-corrected chi connectivity index (χ2v) is 5.60. The van der Waals surface area contributed by atoms with Crippen LogP contribution in [0.1, 0.15) is 5.56 Å². The molecule has 0 aliphatic carbocycles. The molecule has 0 aromatic heterocycles. The Bertz CT molecular complexity index is 563. The number of hydrogen-bond acceptors (Lipinski definition) is 3. The highest BCUT2D eigenvalue weighted by Crippen LogP contribution is 2.23. The molecule has 0 radical (unpaired) electrons. The molecule has 0 saturated heterocycles. The average molecular weight is 310 g/mol. The Hall–Kier alpha value is -1.43. The van der Waals surface area contributed by atoms with Crippen molar-refractivity contribution >= 4 is 11.8 Å². The molecule has 1 N–H and O–H groups in total. The van der Waals surface area contributed by atoms with Crippen LogP contribution in [-0.2, 0) is 11.3 Å². The average Bonchev–Trinajstić information content (AvgIpc) is 2.49. The Balaban J connectivity index is 1.72. The van der Waals surface area contributed by atoms with Crippen LogP contribution in [-0.4, -0.2) is 23.6 Å². The first-order valence-corrected chi connectivity index (χ1v) is 7.51. The van der Waals surface area contributed by atoms with Crippen LogP contribution in [0.4, 0.5) is 8.78 Å². The lowest BCUT2D eigenvalue weighted by molar-refractivity contribution is 0.0398. The summed E-state index contributed by atoms with van der Waals surface area (Å²) in [7, 11) is 0. The van der Waals surface area contributed by atoms with Crippen molar-refractivity contribution in [2.24, 2.45) is 0 Å². The first-order valence-electron chi connectivity index (χ1n) is 6.53. The van der Waals surface area contributed by atoms with Crippen LogP contribution in [0.5, 0.6) is 0 Å². The molecule has 0 fully saturated rings. The minimum absolute atomic E-state index is 0.152. The predicted molar refractivity (Wildman–Crippen MR) is 79.2 cm³/mol. The first kappa shape index (κ1) is 15.9. The predicted octanol–water partition coefficient (Wildman–Crippen LogP) is 3.63. The van der Waals surface area contributed by atoms with E-state index < -0.39 is 17.7 Å². The summed E-state index contributed by atoms with van der Waals surface area (Å²) in [4.78, 5) is 0.192. The third-order valence-corrected chi connectivity index (χ3v) is 3.92. The van der Waals surface area contributed by atoms with E-state index in [4.69, 9.17) is 4.74 Å².